The van der Waals surface area contributed by atoms with Gasteiger partial charge >= 0.3 is 0 Å². The van der Waals surface area contributed by atoms with E-state index in [2.05, 4.69) is 30.2 Å². The van der Waals surface area contributed by atoms with Crippen molar-refractivity contribution in [3.8, 4) is 0 Å². The molecule has 11 heavy (non-hydrogen) atoms. The maximum absolute atomic E-state index is 5.19. The molecule has 0 amide bonds. The zero-order valence-corrected chi connectivity index (χ0v) is 7.09. The Bertz CT molecular complexity index is 201. The van der Waals surface area contributed by atoms with Crippen molar-refractivity contribution in [2.24, 2.45) is 5.84 Å². The molecule has 0 radical (unpaired) electrons. The van der Waals surface area contributed by atoms with Crippen LogP contribution in [0.4, 0.5) is 0 Å². The molecule has 1 aromatic rings. The van der Waals surface area contributed by atoms with Gasteiger partial charge in [-0.2, -0.15) is 12.6 Å². The molecule has 3 N–H and O–H groups in total. The van der Waals surface area contributed by atoms with Crippen LogP contribution in [0.1, 0.15) is 5.56 Å². The van der Waals surface area contributed by atoms with E-state index in [0.717, 1.165) is 6.42 Å². The molecule has 0 spiro atoms. The molecule has 0 fully saturated rings. The van der Waals surface area contributed by atoms with Crippen molar-refractivity contribution >= 4 is 12.6 Å². The van der Waals surface area contributed by atoms with Crippen molar-refractivity contribution in [3.63, 3.8) is 0 Å². The van der Waals surface area contributed by atoms with E-state index in [1.165, 1.54) is 5.56 Å². The Labute approximate surface area is 72.2 Å². The fourth-order valence-corrected chi connectivity index (χ4v) is 1.11. The molecular formula is C8H12N2S. The van der Waals surface area contributed by atoms with Crippen molar-refractivity contribution < 1.29 is 0 Å². The molecule has 1 atom stereocenters. The number of rotatable bonds is 3. The van der Waals surface area contributed by atoms with Gasteiger partial charge in [0.15, 0.2) is 0 Å². The van der Waals surface area contributed by atoms with Crippen molar-refractivity contribution in [2.45, 2.75) is 11.8 Å². The van der Waals surface area contributed by atoms with Crippen molar-refractivity contribution in [2.75, 3.05) is 0 Å². The third-order valence-corrected chi connectivity index (χ3v) is 1.80. The molecule has 0 bridgehead atoms. The van der Waals surface area contributed by atoms with Gasteiger partial charge < -0.3 is 0 Å². The predicted octanol–water partition coefficient (Wildman–Crippen LogP) is 0.948. The molecule has 0 saturated heterocycles. The van der Waals surface area contributed by atoms with Crippen LogP contribution >= 0.6 is 12.6 Å². The molecule has 3 heteroatoms. The monoisotopic (exact) mass is 168 g/mol. The number of benzene rings is 1. The number of nitrogens with two attached hydrogens (primary N) is 1. The van der Waals surface area contributed by atoms with Crippen LogP contribution in [0.25, 0.3) is 0 Å². The third-order valence-electron chi connectivity index (χ3n) is 1.46. The van der Waals surface area contributed by atoms with E-state index in [1.54, 1.807) is 0 Å². The minimum atomic E-state index is 0.0393. The second kappa shape index (κ2) is 4.38. The summed E-state index contributed by atoms with van der Waals surface area (Å²) in [5.41, 5.74) is 3.82. The lowest BCUT2D eigenvalue weighted by Gasteiger charge is -2.07. The van der Waals surface area contributed by atoms with Crippen molar-refractivity contribution in [3.05, 3.63) is 35.9 Å². The average molecular weight is 168 g/mol. The smallest absolute Gasteiger partial charge is 0.0674 e. The molecule has 2 nitrogen and oxygen atoms in total. The summed E-state index contributed by atoms with van der Waals surface area (Å²) in [7, 11) is 0. The molecule has 0 aliphatic heterocycles. The van der Waals surface area contributed by atoms with Gasteiger partial charge in [-0.25, -0.2) is 5.43 Å². The Kier molecular flexibility index (Phi) is 3.42. The maximum Gasteiger partial charge on any atom is 0.0674 e. The minimum Gasteiger partial charge on any atom is -0.270 e. The Morgan fingerprint density at radius 1 is 1.36 bits per heavy atom. The third kappa shape index (κ3) is 2.93. The van der Waals surface area contributed by atoms with Gasteiger partial charge in [-0.1, -0.05) is 30.3 Å². The number of thiol groups is 1. The lowest BCUT2D eigenvalue weighted by molar-refractivity contribution is 0.684. The Morgan fingerprint density at radius 2 is 2.00 bits per heavy atom. The number of hydrogen-bond acceptors (Lipinski definition) is 3. The van der Waals surface area contributed by atoms with Crippen LogP contribution in [-0.4, -0.2) is 5.37 Å². The quantitative estimate of drug-likeness (QED) is 0.272. The van der Waals surface area contributed by atoms with Gasteiger partial charge in [0.25, 0.3) is 0 Å². The van der Waals surface area contributed by atoms with Crippen LogP contribution < -0.4 is 11.3 Å². The molecule has 1 aromatic carbocycles. The molecule has 0 heterocycles. The maximum atomic E-state index is 5.19. The molecule has 0 saturated carbocycles. The average Bonchev–Trinajstić information content (AvgIpc) is 2.06. The van der Waals surface area contributed by atoms with Gasteiger partial charge in [-0.05, 0) is 12.0 Å². The van der Waals surface area contributed by atoms with E-state index in [4.69, 9.17) is 5.84 Å². The summed E-state index contributed by atoms with van der Waals surface area (Å²) in [6.07, 6.45) is 0.848. The lowest BCUT2D eigenvalue weighted by Crippen LogP contribution is -2.32. The summed E-state index contributed by atoms with van der Waals surface area (Å²) in [5, 5.41) is 0.0393. The number of hydrogen-bond donors (Lipinski definition) is 3. The van der Waals surface area contributed by atoms with E-state index in [-0.39, 0.29) is 5.37 Å². The van der Waals surface area contributed by atoms with Crippen LogP contribution in [0.2, 0.25) is 0 Å². The van der Waals surface area contributed by atoms with Gasteiger partial charge in [-0.3, -0.25) is 5.84 Å². The standard InChI is InChI=1S/C8H12N2S/c9-10-8(11)6-7-4-2-1-3-5-7/h1-5,8,10-11H,6,9H2. The summed E-state index contributed by atoms with van der Waals surface area (Å²) in [6.45, 7) is 0. The van der Waals surface area contributed by atoms with Crippen LogP contribution in [0.15, 0.2) is 30.3 Å². The summed E-state index contributed by atoms with van der Waals surface area (Å²) < 4.78 is 0. The summed E-state index contributed by atoms with van der Waals surface area (Å²) in [4.78, 5) is 0. The Hall–Kier alpha value is -0.510. The minimum absolute atomic E-state index is 0.0393. The van der Waals surface area contributed by atoms with Crippen LogP contribution in [0.3, 0.4) is 0 Å². The van der Waals surface area contributed by atoms with E-state index in [9.17, 15) is 0 Å². The molecule has 0 aliphatic carbocycles. The highest BCUT2D eigenvalue weighted by atomic mass is 32.1. The number of hydrazine groups is 1. The first-order valence-corrected chi connectivity index (χ1v) is 4.02. The second-order valence-corrected chi connectivity index (χ2v) is 3.00. The topological polar surface area (TPSA) is 38.0 Å². The Morgan fingerprint density at radius 3 is 2.55 bits per heavy atom. The molecule has 60 valence electrons. The van der Waals surface area contributed by atoms with Gasteiger partial charge in [0.1, 0.15) is 0 Å². The first-order chi connectivity index (χ1) is 5.33. The summed E-state index contributed by atoms with van der Waals surface area (Å²) in [5.74, 6) is 5.19. The fraction of sp³-hybridized carbons (Fsp3) is 0.250. The van der Waals surface area contributed by atoms with Crippen LogP contribution in [0, 0.1) is 0 Å². The van der Waals surface area contributed by atoms with Crippen LogP contribution in [0.5, 0.6) is 0 Å². The first kappa shape index (κ1) is 8.59. The van der Waals surface area contributed by atoms with Crippen LogP contribution in [-0.2, 0) is 6.42 Å². The fourth-order valence-electron chi connectivity index (χ4n) is 0.896. The highest BCUT2D eigenvalue weighted by Crippen LogP contribution is 2.03. The lowest BCUT2D eigenvalue weighted by atomic mass is 10.1. The van der Waals surface area contributed by atoms with Crippen molar-refractivity contribution in [1.29, 1.82) is 0 Å². The molecule has 1 rings (SSSR count). The second-order valence-electron chi connectivity index (χ2n) is 2.37. The van der Waals surface area contributed by atoms with Gasteiger partial charge in [0.05, 0.1) is 5.37 Å². The Balaban J connectivity index is 2.51. The highest BCUT2D eigenvalue weighted by Gasteiger charge is 1.99. The summed E-state index contributed by atoms with van der Waals surface area (Å²) >= 11 is 4.21. The summed E-state index contributed by atoms with van der Waals surface area (Å²) in [6, 6.07) is 10.1. The van der Waals surface area contributed by atoms with E-state index >= 15 is 0 Å². The van der Waals surface area contributed by atoms with Gasteiger partial charge in [-0.15, -0.1) is 0 Å². The van der Waals surface area contributed by atoms with Crippen molar-refractivity contribution in [1.82, 2.24) is 5.43 Å². The largest absolute Gasteiger partial charge is 0.270 e. The zero-order chi connectivity index (χ0) is 8.10. The zero-order valence-electron chi connectivity index (χ0n) is 6.20. The SMILES string of the molecule is NNC(S)Cc1ccccc1. The highest BCUT2D eigenvalue weighted by molar-refractivity contribution is 7.80. The van der Waals surface area contributed by atoms with E-state index < -0.39 is 0 Å². The first-order valence-electron chi connectivity index (χ1n) is 3.51. The predicted molar refractivity (Wildman–Crippen MR) is 50.2 cm³/mol. The van der Waals surface area contributed by atoms with E-state index in [1.807, 2.05) is 18.2 Å². The number of nitrogens with one attached hydrogen (secondary N) is 1. The molecule has 0 aromatic heterocycles. The van der Waals surface area contributed by atoms with Gasteiger partial charge in [0, 0.05) is 0 Å². The molecular weight excluding hydrogens is 156 g/mol. The normalized spacial score (nSPS) is 12.9. The molecule has 0 aliphatic rings. The molecule has 1 unspecified atom stereocenters. The van der Waals surface area contributed by atoms with E-state index in [0.29, 0.717) is 0 Å². The van der Waals surface area contributed by atoms with Gasteiger partial charge in [0.2, 0.25) is 0 Å².